The van der Waals surface area contributed by atoms with Crippen molar-refractivity contribution in [1.29, 1.82) is 0 Å². The number of pyridine rings is 1. The number of nitrogens with zero attached hydrogens (tertiary/aromatic N) is 2. The molecule has 0 unspecified atom stereocenters. The van der Waals surface area contributed by atoms with Crippen LogP contribution in [0.4, 0.5) is 11.4 Å². The summed E-state index contributed by atoms with van der Waals surface area (Å²) in [4.78, 5) is 26.7. The van der Waals surface area contributed by atoms with Crippen LogP contribution in [-0.2, 0) is 14.8 Å². The number of nitro groups is 1. The topological polar surface area (TPSA) is 141 Å². The van der Waals surface area contributed by atoms with E-state index in [4.69, 9.17) is 4.74 Å². The zero-order chi connectivity index (χ0) is 20.9. The van der Waals surface area contributed by atoms with Gasteiger partial charge >= 0.3 is 0 Å². The minimum absolute atomic E-state index is 0.120. The maximum atomic E-state index is 12.5. The summed E-state index contributed by atoms with van der Waals surface area (Å²) in [6.45, 7) is 1.78. The highest BCUT2D eigenvalue weighted by atomic mass is 32.2. The van der Waals surface area contributed by atoms with E-state index in [9.17, 15) is 23.3 Å². The Kier molecular flexibility index (Phi) is 6.39. The van der Waals surface area contributed by atoms with Gasteiger partial charge in [0.2, 0.25) is 0 Å². The van der Waals surface area contributed by atoms with Gasteiger partial charge in [-0.3, -0.25) is 14.9 Å². The molecule has 1 amide bonds. The highest BCUT2D eigenvalue weighted by Gasteiger charge is 2.25. The zero-order valence-corrected chi connectivity index (χ0v) is 16.2. The predicted octanol–water partition coefficient (Wildman–Crippen LogP) is 1.95. The molecular weight excluding hydrogens is 400 g/mol. The van der Waals surface area contributed by atoms with Crippen molar-refractivity contribution >= 4 is 27.3 Å². The number of rotatable bonds is 7. The third kappa shape index (κ3) is 5.27. The Morgan fingerprint density at radius 1 is 1.24 bits per heavy atom. The number of ether oxygens (including phenoxy) is 1. The summed E-state index contributed by atoms with van der Waals surface area (Å²) in [5, 5.41) is 13.8. The number of hydrogen-bond donors (Lipinski definition) is 2. The van der Waals surface area contributed by atoms with Crippen LogP contribution in [0.3, 0.4) is 0 Å². The number of nitrogens with one attached hydrogen (secondary N) is 2. The van der Waals surface area contributed by atoms with E-state index in [2.05, 4.69) is 10.3 Å². The second-order valence-corrected chi connectivity index (χ2v) is 8.16. The van der Waals surface area contributed by atoms with Crippen LogP contribution < -0.4 is 10.0 Å². The normalized spacial score (nSPS) is 14.9. The minimum atomic E-state index is -4.38. The first-order valence-corrected chi connectivity index (χ1v) is 10.4. The first kappa shape index (κ1) is 20.7. The van der Waals surface area contributed by atoms with Gasteiger partial charge in [-0.15, -0.1) is 0 Å². The lowest BCUT2D eigenvalue weighted by molar-refractivity contribution is -0.384. The molecule has 0 radical (unpaired) electrons. The summed E-state index contributed by atoms with van der Waals surface area (Å²) in [5.74, 6) is -0.548. The number of anilines is 1. The lowest BCUT2D eigenvalue weighted by Crippen LogP contribution is -2.31. The van der Waals surface area contributed by atoms with Crippen molar-refractivity contribution < 1.29 is 22.9 Å². The van der Waals surface area contributed by atoms with Gasteiger partial charge in [0.1, 0.15) is 5.69 Å². The molecule has 1 fully saturated rings. The first-order valence-electron chi connectivity index (χ1n) is 8.95. The molecule has 0 saturated carbocycles. The first-order chi connectivity index (χ1) is 13.9. The van der Waals surface area contributed by atoms with Crippen molar-refractivity contribution in [3.63, 3.8) is 0 Å². The number of sulfonamides is 1. The molecule has 2 aromatic rings. The predicted molar refractivity (Wildman–Crippen MR) is 104 cm³/mol. The second-order valence-electron chi connectivity index (χ2n) is 6.53. The Hall–Kier alpha value is -3.05. The number of benzene rings is 1. The molecule has 1 saturated heterocycles. The van der Waals surface area contributed by atoms with Crippen molar-refractivity contribution in [1.82, 2.24) is 9.71 Å². The van der Waals surface area contributed by atoms with E-state index < -0.39 is 31.6 Å². The van der Waals surface area contributed by atoms with E-state index in [1.54, 1.807) is 18.2 Å². The van der Waals surface area contributed by atoms with Crippen LogP contribution in [0.15, 0.2) is 47.6 Å². The summed E-state index contributed by atoms with van der Waals surface area (Å²) < 4.78 is 32.1. The summed E-state index contributed by atoms with van der Waals surface area (Å²) in [6, 6.07) is 8.59. The lowest BCUT2D eigenvalue weighted by atomic mass is 10.0. The highest BCUT2D eigenvalue weighted by Crippen LogP contribution is 2.27. The average Bonchev–Trinajstić information content (AvgIpc) is 2.73. The monoisotopic (exact) mass is 420 g/mol. The third-order valence-electron chi connectivity index (χ3n) is 4.51. The molecule has 0 bridgehead atoms. The van der Waals surface area contributed by atoms with Crippen molar-refractivity contribution in [2.24, 2.45) is 5.92 Å². The van der Waals surface area contributed by atoms with Crippen LogP contribution >= 0.6 is 0 Å². The SMILES string of the molecule is O=C(NS(=O)(=O)c1cc([N+](=O)[O-])c(NCC2CCOCC2)cn1)c1ccccc1. The molecule has 3 rings (SSSR count). The number of carbonyl (C=O) groups is 1. The summed E-state index contributed by atoms with van der Waals surface area (Å²) in [6.07, 6.45) is 2.78. The fourth-order valence-corrected chi connectivity index (χ4v) is 3.81. The van der Waals surface area contributed by atoms with E-state index in [0.717, 1.165) is 25.1 Å². The Morgan fingerprint density at radius 2 is 1.93 bits per heavy atom. The van der Waals surface area contributed by atoms with Crippen molar-refractivity contribution in [3.8, 4) is 0 Å². The zero-order valence-electron chi connectivity index (χ0n) is 15.4. The van der Waals surface area contributed by atoms with E-state index >= 15 is 0 Å². The molecular formula is C18H20N4O6S. The fourth-order valence-electron chi connectivity index (χ4n) is 2.89. The summed E-state index contributed by atoms with van der Waals surface area (Å²) in [5.41, 5.74) is -0.172. The van der Waals surface area contributed by atoms with Gasteiger partial charge in [0.25, 0.3) is 21.6 Å². The van der Waals surface area contributed by atoms with Crippen LogP contribution in [0, 0.1) is 16.0 Å². The van der Waals surface area contributed by atoms with E-state index in [0.29, 0.717) is 25.7 Å². The van der Waals surface area contributed by atoms with Crippen molar-refractivity contribution in [2.75, 3.05) is 25.1 Å². The van der Waals surface area contributed by atoms with Crippen LogP contribution in [0.1, 0.15) is 23.2 Å². The average molecular weight is 420 g/mol. The molecule has 10 nitrogen and oxygen atoms in total. The quantitative estimate of drug-likeness (QED) is 0.511. The molecule has 29 heavy (non-hydrogen) atoms. The van der Waals surface area contributed by atoms with E-state index in [1.807, 2.05) is 4.72 Å². The summed E-state index contributed by atoms with van der Waals surface area (Å²) in [7, 11) is -4.38. The van der Waals surface area contributed by atoms with Gasteiger partial charge in [-0.1, -0.05) is 18.2 Å². The molecule has 2 heterocycles. The minimum Gasteiger partial charge on any atom is -0.381 e. The molecule has 1 aliphatic heterocycles. The molecule has 154 valence electrons. The molecule has 1 aliphatic rings. The largest absolute Gasteiger partial charge is 0.381 e. The van der Waals surface area contributed by atoms with Crippen LogP contribution in [0.25, 0.3) is 0 Å². The van der Waals surface area contributed by atoms with Crippen LogP contribution in [-0.4, -0.2) is 44.0 Å². The summed E-state index contributed by atoms with van der Waals surface area (Å²) >= 11 is 0. The van der Waals surface area contributed by atoms with Gasteiger partial charge in [0.15, 0.2) is 5.03 Å². The van der Waals surface area contributed by atoms with Gasteiger partial charge in [-0.05, 0) is 30.9 Å². The van der Waals surface area contributed by atoms with Gasteiger partial charge in [-0.2, -0.15) is 8.42 Å². The molecule has 1 aromatic heterocycles. The second kappa shape index (κ2) is 8.97. The van der Waals surface area contributed by atoms with Crippen LogP contribution in [0.5, 0.6) is 0 Å². The van der Waals surface area contributed by atoms with Crippen molar-refractivity contribution in [2.45, 2.75) is 17.9 Å². The molecule has 0 spiro atoms. The number of amides is 1. The van der Waals surface area contributed by atoms with E-state index in [1.165, 1.54) is 12.1 Å². The number of aromatic nitrogens is 1. The maximum absolute atomic E-state index is 12.5. The van der Waals surface area contributed by atoms with Gasteiger partial charge in [0, 0.05) is 25.3 Å². The Morgan fingerprint density at radius 3 is 2.59 bits per heavy atom. The standard InChI is InChI=1S/C18H20N4O6S/c23-18(14-4-2-1-3-5-14)21-29(26,27)17-10-16(22(24)25)15(12-20-17)19-11-13-6-8-28-9-7-13/h1-5,10,12-13,19H,6-9,11H2,(H,21,23). The number of carbonyl (C=O) groups excluding carboxylic acids is 1. The van der Waals surface area contributed by atoms with Crippen LogP contribution in [0.2, 0.25) is 0 Å². The maximum Gasteiger partial charge on any atom is 0.296 e. The molecule has 0 aliphatic carbocycles. The highest BCUT2D eigenvalue weighted by molar-refractivity contribution is 7.90. The molecule has 11 heteroatoms. The molecule has 1 aromatic carbocycles. The molecule has 0 atom stereocenters. The van der Waals surface area contributed by atoms with Gasteiger partial charge in [0.05, 0.1) is 17.2 Å². The Labute approximate surface area is 167 Å². The Balaban J connectivity index is 1.77. The Bertz CT molecular complexity index is 991. The fraction of sp³-hybridized carbons (Fsp3) is 0.333. The third-order valence-corrected chi connectivity index (χ3v) is 5.74. The lowest BCUT2D eigenvalue weighted by Gasteiger charge is -2.22. The smallest absolute Gasteiger partial charge is 0.296 e. The van der Waals surface area contributed by atoms with Gasteiger partial charge < -0.3 is 10.1 Å². The number of hydrogen-bond acceptors (Lipinski definition) is 8. The molecule has 2 N–H and O–H groups in total. The van der Waals surface area contributed by atoms with Gasteiger partial charge in [-0.25, -0.2) is 9.71 Å². The van der Waals surface area contributed by atoms with Crippen molar-refractivity contribution in [3.05, 3.63) is 58.3 Å². The van der Waals surface area contributed by atoms with E-state index in [-0.39, 0.29) is 11.3 Å².